The maximum atomic E-state index is 6.61. The van der Waals surface area contributed by atoms with Gasteiger partial charge in [0.1, 0.15) is 12.0 Å². The van der Waals surface area contributed by atoms with Crippen molar-refractivity contribution in [2.75, 3.05) is 0 Å². The average molecular weight is 81.1 g/mol. The molecule has 0 fully saturated rings. The topological polar surface area (TPSA) is 38.9 Å². The Hall–Kier alpha value is -0.860. The highest BCUT2D eigenvalue weighted by Gasteiger charge is 1.81. The summed E-state index contributed by atoms with van der Waals surface area (Å²) < 4.78 is 4.17. The minimum Gasteiger partial charge on any atom is -0.345 e. The van der Waals surface area contributed by atoms with Crippen LogP contribution in [-0.4, -0.2) is 10.4 Å². The van der Waals surface area contributed by atoms with E-state index < -0.39 is 0 Å². The average Bonchev–Trinajstić information content (AvgIpc) is 1.86. The summed E-state index contributed by atoms with van der Waals surface area (Å²) in [5, 5.41) is 6.18. The SMILES string of the molecule is [C]c1conn1. The molecule has 0 atom stereocenters. The third-order valence-electron chi connectivity index (χ3n) is 0.360. The molecule has 0 aromatic carbocycles. The molecule has 1 rings (SSSR count). The van der Waals surface area contributed by atoms with E-state index in [2.05, 4.69) is 14.9 Å². The van der Waals surface area contributed by atoms with Gasteiger partial charge in [-0.2, -0.15) is 0 Å². The summed E-state index contributed by atoms with van der Waals surface area (Å²) in [4.78, 5) is 0. The molecule has 6 heavy (non-hydrogen) atoms. The highest BCUT2D eigenvalue weighted by atomic mass is 16.5. The summed E-state index contributed by atoms with van der Waals surface area (Å²) in [7, 11) is 0. The van der Waals surface area contributed by atoms with Crippen LogP contribution in [-0.2, 0) is 0 Å². The Labute approximate surface area is 34.9 Å². The monoisotopic (exact) mass is 81.0 g/mol. The van der Waals surface area contributed by atoms with Gasteiger partial charge in [0, 0.05) is 5.27 Å². The third-order valence-corrected chi connectivity index (χ3v) is 0.360. The molecule has 0 saturated carbocycles. The zero-order valence-electron chi connectivity index (χ0n) is 2.88. The zero-order valence-corrected chi connectivity index (χ0v) is 2.88. The lowest BCUT2D eigenvalue weighted by molar-refractivity contribution is 0.393. The van der Waals surface area contributed by atoms with Crippen LogP contribution in [0.4, 0.5) is 0 Å². The van der Waals surface area contributed by atoms with Crippen molar-refractivity contribution in [3.8, 4) is 0 Å². The van der Waals surface area contributed by atoms with Gasteiger partial charge in [0.15, 0.2) is 0 Å². The molecule has 3 nitrogen and oxygen atoms in total. The van der Waals surface area contributed by atoms with Crippen LogP contribution in [0.15, 0.2) is 10.8 Å². The molecular formula is C3HN2O. The van der Waals surface area contributed by atoms with Crippen LogP contribution in [0.3, 0.4) is 0 Å². The van der Waals surface area contributed by atoms with E-state index in [0.29, 0.717) is 0 Å². The van der Waals surface area contributed by atoms with Crippen LogP contribution in [0.1, 0.15) is 5.69 Å². The second-order valence-corrected chi connectivity index (χ2v) is 0.790. The largest absolute Gasteiger partial charge is 0.345 e. The van der Waals surface area contributed by atoms with Gasteiger partial charge in [0.05, 0.1) is 6.92 Å². The lowest BCUT2D eigenvalue weighted by Crippen LogP contribution is -1.65. The summed E-state index contributed by atoms with van der Waals surface area (Å²) in [5.41, 5.74) is 0.0648. The van der Waals surface area contributed by atoms with Gasteiger partial charge in [0.25, 0.3) is 0 Å². The Balaban J connectivity index is 3.05. The molecule has 0 bridgehead atoms. The molecular weight excluding hydrogens is 80.0 g/mol. The molecule has 3 radical (unpaired) electrons. The Morgan fingerprint density at radius 2 is 2.67 bits per heavy atom. The van der Waals surface area contributed by atoms with E-state index in [1.165, 1.54) is 0 Å². The van der Waals surface area contributed by atoms with E-state index in [4.69, 9.17) is 6.92 Å². The first-order valence-electron chi connectivity index (χ1n) is 1.38. The van der Waals surface area contributed by atoms with Crippen LogP contribution < -0.4 is 0 Å². The van der Waals surface area contributed by atoms with Gasteiger partial charge in [-0.25, -0.2) is 0 Å². The third kappa shape index (κ3) is 0.381. The van der Waals surface area contributed by atoms with Gasteiger partial charge in [-0.1, -0.05) is 0 Å². The second kappa shape index (κ2) is 1.08. The number of hydrogen-bond donors (Lipinski definition) is 0. The van der Waals surface area contributed by atoms with Crippen molar-refractivity contribution in [3.05, 3.63) is 18.9 Å². The first-order valence-corrected chi connectivity index (χ1v) is 1.38. The van der Waals surface area contributed by atoms with Crippen LogP contribution in [0, 0.1) is 6.92 Å². The molecule has 0 aliphatic rings. The summed E-state index contributed by atoms with van der Waals surface area (Å²) >= 11 is 0. The normalized spacial score (nSPS) is 8.83. The first kappa shape index (κ1) is 3.33. The fourth-order valence-electron chi connectivity index (χ4n) is 0.165. The molecule has 0 unspecified atom stereocenters. The van der Waals surface area contributed by atoms with E-state index in [1.54, 1.807) is 0 Å². The van der Waals surface area contributed by atoms with E-state index in [1.807, 2.05) is 0 Å². The van der Waals surface area contributed by atoms with Gasteiger partial charge in [-0.05, 0) is 0 Å². The molecule has 29 valence electrons. The summed E-state index contributed by atoms with van der Waals surface area (Å²) in [5.74, 6) is 0. The summed E-state index contributed by atoms with van der Waals surface area (Å²) in [6, 6.07) is 0. The van der Waals surface area contributed by atoms with E-state index in [9.17, 15) is 0 Å². The molecule has 3 heteroatoms. The summed E-state index contributed by atoms with van der Waals surface area (Å²) in [6.45, 7) is 6.61. The maximum absolute atomic E-state index is 6.61. The standard InChI is InChI=1S/C3HN2O/c1-3-2-6-5-4-3/h2H. The van der Waals surface area contributed by atoms with Crippen molar-refractivity contribution in [1.29, 1.82) is 0 Å². The highest BCUT2D eigenvalue weighted by molar-refractivity contribution is 4.90. The summed E-state index contributed by atoms with van der Waals surface area (Å²) in [6.07, 6.45) is 1.15. The van der Waals surface area contributed by atoms with Crippen molar-refractivity contribution in [2.24, 2.45) is 0 Å². The Morgan fingerprint density at radius 3 is 2.83 bits per heavy atom. The lowest BCUT2D eigenvalue weighted by atomic mass is 10.6. The van der Waals surface area contributed by atoms with Crippen LogP contribution in [0.25, 0.3) is 0 Å². The second-order valence-electron chi connectivity index (χ2n) is 0.790. The molecule has 0 saturated heterocycles. The molecule has 0 aliphatic heterocycles. The van der Waals surface area contributed by atoms with E-state index in [0.717, 1.165) is 6.26 Å². The predicted octanol–water partition coefficient (Wildman–Crippen LogP) is 0.00579. The molecule has 1 heterocycles. The van der Waals surface area contributed by atoms with E-state index >= 15 is 0 Å². The van der Waals surface area contributed by atoms with Crippen LogP contribution >= 0.6 is 0 Å². The number of rotatable bonds is 0. The fraction of sp³-hybridized carbons (Fsp3) is 0. The van der Waals surface area contributed by atoms with Gasteiger partial charge in [-0.15, -0.1) is 5.10 Å². The van der Waals surface area contributed by atoms with Gasteiger partial charge in [0.2, 0.25) is 0 Å². The van der Waals surface area contributed by atoms with Gasteiger partial charge < -0.3 is 4.52 Å². The number of aromatic nitrogens is 2. The Bertz CT molecular complexity index is 112. The van der Waals surface area contributed by atoms with Crippen molar-refractivity contribution < 1.29 is 4.52 Å². The quantitative estimate of drug-likeness (QED) is 0.441. The Morgan fingerprint density at radius 1 is 1.83 bits per heavy atom. The van der Waals surface area contributed by atoms with Crippen LogP contribution in [0.5, 0.6) is 0 Å². The minimum atomic E-state index is 0.0648. The molecule has 0 N–H and O–H groups in total. The minimum absolute atomic E-state index is 0.0648. The molecule has 0 aliphatic carbocycles. The van der Waals surface area contributed by atoms with Crippen molar-refractivity contribution in [2.45, 2.75) is 0 Å². The maximum Gasteiger partial charge on any atom is 0.148 e. The molecule has 0 amide bonds. The predicted molar refractivity (Wildman–Crippen MR) is 16.6 cm³/mol. The van der Waals surface area contributed by atoms with Crippen molar-refractivity contribution >= 4 is 0 Å². The van der Waals surface area contributed by atoms with Gasteiger partial charge in [-0.3, -0.25) is 0 Å². The first-order chi connectivity index (χ1) is 2.89. The Kier molecular flexibility index (Phi) is 0.602. The smallest absolute Gasteiger partial charge is 0.148 e. The fourth-order valence-corrected chi connectivity index (χ4v) is 0.165. The molecule has 0 spiro atoms. The van der Waals surface area contributed by atoms with Crippen molar-refractivity contribution in [1.82, 2.24) is 10.4 Å². The number of hydrogen-bond acceptors (Lipinski definition) is 3. The molecule has 1 aromatic heterocycles. The zero-order chi connectivity index (χ0) is 4.41. The van der Waals surface area contributed by atoms with Crippen molar-refractivity contribution in [3.63, 3.8) is 0 Å². The molecule has 1 aromatic rings. The van der Waals surface area contributed by atoms with E-state index in [-0.39, 0.29) is 5.69 Å². The number of nitrogens with zero attached hydrogens (tertiary/aromatic N) is 2. The van der Waals surface area contributed by atoms with Gasteiger partial charge >= 0.3 is 0 Å². The highest BCUT2D eigenvalue weighted by Crippen LogP contribution is 1.82. The lowest BCUT2D eigenvalue weighted by Gasteiger charge is -1.56. The van der Waals surface area contributed by atoms with Crippen LogP contribution in [0.2, 0.25) is 0 Å².